The number of piperidine rings is 1. The van der Waals surface area contributed by atoms with Crippen molar-refractivity contribution in [3.8, 4) is 0 Å². The Balaban J connectivity index is 2.71. The van der Waals surface area contributed by atoms with Crippen LogP contribution in [0.2, 0.25) is 0 Å². The summed E-state index contributed by atoms with van der Waals surface area (Å²) in [5.74, 6) is 0.686. The van der Waals surface area contributed by atoms with Gasteiger partial charge in [0.1, 0.15) is 5.54 Å². The number of hydrogen-bond donors (Lipinski definition) is 1. The maximum absolute atomic E-state index is 12.3. The molecule has 0 bridgehead atoms. The Labute approximate surface area is 130 Å². The van der Waals surface area contributed by atoms with E-state index in [0.29, 0.717) is 18.7 Å². The van der Waals surface area contributed by atoms with Crippen LogP contribution in [0.5, 0.6) is 0 Å². The van der Waals surface area contributed by atoms with Crippen LogP contribution in [0.4, 0.5) is 0 Å². The van der Waals surface area contributed by atoms with Gasteiger partial charge in [-0.05, 0) is 66.0 Å². The SMILES string of the molecule is CCNC(C)(CC(C)N1CCC(C)CC1C)C(=O)OCC. The molecule has 0 aromatic heterocycles. The number of nitrogens with zero attached hydrogens (tertiary/aromatic N) is 1. The van der Waals surface area contributed by atoms with Crippen molar-refractivity contribution in [1.29, 1.82) is 0 Å². The van der Waals surface area contributed by atoms with Crippen LogP contribution in [0.25, 0.3) is 0 Å². The van der Waals surface area contributed by atoms with Crippen molar-refractivity contribution in [1.82, 2.24) is 10.2 Å². The highest BCUT2D eigenvalue weighted by molar-refractivity contribution is 5.80. The van der Waals surface area contributed by atoms with Crippen LogP contribution in [0.1, 0.15) is 60.8 Å². The van der Waals surface area contributed by atoms with Crippen molar-refractivity contribution in [2.45, 2.75) is 78.4 Å². The zero-order valence-electron chi connectivity index (χ0n) is 14.7. The Hall–Kier alpha value is -0.610. The molecule has 0 saturated carbocycles. The van der Waals surface area contributed by atoms with Crippen molar-refractivity contribution in [3.63, 3.8) is 0 Å². The van der Waals surface area contributed by atoms with E-state index in [1.807, 2.05) is 20.8 Å². The van der Waals surface area contributed by atoms with Gasteiger partial charge in [-0.3, -0.25) is 9.69 Å². The van der Waals surface area contributed by atoms with E-state index in [0.717, 1.165) is 25.4 Å². The summed E-state index contributed by atoms with van der Waals surface area (Å²) in [7, 11) is 0. The molecule has 0 amide bonds. The van der Waals surface area contributed by atoms with Gasteiger partial charge in [0.05, 0.1) is 6.61 Å². The predicted molar refractivity (Wildman–Crippen MR) is 87.4 cm³/mol. The molecule has 1 saturated heterocycles. The number of rotatable bonds is 7. The van der Waals surface area contributed by atoms with Crippen LogP contribution in [0, 0.1) is 5.92 Å². The molecular formula is C17H34N2O2. The molecule has 0 aromatic carbocycles. The molecule has 1 aliphatic heterocycles. The molecule has 4 nitrogen and oxygen atoms in total. The molecule has 1 aliphatic rings. The van der Waals surface area contributed by atoms with Gasteiger partial charge in [0.15, 0.2) is 0 Å². The van der Waals surface area contributed by atoms with E-state index in [9.17, 15) is 4.79 Å². The minimum Gasteiger partial charge on any atom is -0.465 e. The number of nitrogens with one attached hydrogen (secondary N) is 1. The lowest BCUT2D eigenvalue weighted by Crippen LogP contribution is -2.56. The van der Waals surface area contributed by atoms with Gasteiger partial charge in [-0.25, -0.2) is 0 Å². The normalized spacial score (nSPS) is 27.9. The summed E-state index contributed by atoms with van der Waals surface area (Å²) in [6.45, 7) is 15.1. The van der Waals surface area contributed by atoms with Gasteiger partial charge >= 0.3 is 5.97 Å². The number of carbonyl (C=O) groups is 1. The number of esters is 1. The van der Waals surface area contributed by atoms with Gasteiger partial charge in [0.2, 0.25) is 0 Å². The molecule has 4 atom stereocenters. The second-order valence-corrected chi connectivity index (χ2v) is 6.85. The third kappa shape index (κ3) is 4.96. The largest absolute Gasteiger partial charge is 0.465 e. The van der Waals surface area contributed by atoms with Crippen LogP contribution in [0.15, 0.2) is 0 Å². The highest BCUT2D eigenvalue weighted by Gasteiger charge is 2.38. The van der Waals surface area contributed by atoms with E-state index in [1.165, 1.54) is 12.8 Å². The molecule has 1 rings (SSSR count). The summed E-state index contributed by atoms with van der Waals surface area (Å²) in [6, 6.07) is 0.970. The molecule has 0 aromatic rings. The lowest BCUT2D eigenvalue weighted by Gasteiger charge is -2.43. The Morgan fingerprint density at radius 3 is 2.62 bits per heavy atom. The summed E-state index contributed by atoms with van der Waals surface area (Å²) in [6.07, 6.45) is 3.30. The molecule has 1 N–H and O–H groups in total. The average Bonchev–Trinajstić information content (AvgIpc) is 2.38. The van der Waals surface area contributed by atoms with Crippen molar-refractivity contribution in [3.05, 3.63) is 0 Å². The van der Waals surface area contributed by atoms with Crippen molar-refractivity contribution in [2.24, 2.45) is 5.92 Å². The summed E-state index contributed by atoms with van der Waals surface area (Å²) in [4.78, 5) is 14.9. The molecule has 1 heterocycles. The molecule has 0 radical (unpaired) electrons. The number of likely N-dealkylation sites (tertiary alicyclic amines) is 1. The van der Waals surface area contributed by atoms with Gasteiger partial charge in [0.25, 0.3) is 0 Å². The van der Waals surface area contributed by atoms with Gasteiger partial charge < -0.3 is 10.1 Å². The first-order valence-corrected chi connectivity index (χ1v) is 8.52. The average molecular weight is 298 g/mol. The third-order valence-corrected chi connectivity index (χ3v) is 4.75. The van der Waals surface area contributed by atoms with Crippen molar-refractivity contribution >= 4 is 5.97 Å². The minimum atomic E-state index is -0.590. The highest BCUT2D eigenvalue weighted by atomic mass is 16.5. The summed E-state index contributed by atoms with van der Waals surface area (Å²) in [5.41, 5.74) is -0.590. The summed E-state index contributed by atoms with van der Waals surface area (Å²) >= 11 is 0. The molecule has 124 valence electrons. The second-order valence-electron chi connectivity index (χ2n) is 6.85. The fraction of sp³-hybridized carbons (Fsp3) is 0.941. The molecule has 0 aliphatic carbocycles. The van der Waals surface area contributed by atoms with Crippen LogP contribution >= 0.6 is 0 Å². The zero-order chi connectivity index (χ0) is 16.0. The van der Waals surface area contributed by atoms with Crippen LogP contribution in [0.3, 0.4) is 0 Å². The van der Waals surface area contributed by atoms with Crippen LogP contribution in [-0.4, -0.2) is 48.2 Å². The maximum atomic E-state index is 12.3. The minimum absolute atomic E-state index is 0.128. The number of ether oxygens (including phenoxy) is 1. The Kier molecular flexibility index (Phi) is 7.14. The Morgan fingerprint density at radius 1 is 1.43 bits per heavy atom. The lowest BCUT2D eigenvalue weighted by molar-refractivity contribution is -0.151. The first kappa shape index (κ1) is 18.4. The van der Waals surface area contributed by atoms with E-state index in [-0.39, 0.29) is 5.97 Å². The predicted octanol–water partition coefficient (Wildman–Crippen LogP) is 2.82. The highest BCUT2D eigenvalue weighted by Crippen LogP contribution is 2.27. The van der Waals surface area contributed by atoms with Crippen LogP contribution in [-0.2, 0) is 9.53 Å². The molecule has 4 unspecified atom stereocenters. The molecule has 4 heteroatoms. The van der Waals surface area contributed by atoms with E-state index in [4.69, 9.17) is 4.74 Å². The summed E-state index contributed by atoms with van der Waals surface area (Å²) < 4.78 is 5.27. The second kappa shape index (κ2) is 8.14. The van der Waals surface area contributed by atoms with Gasteiger partial charge in [-0.1, -0.05) is 13.8 Å². The number of hydrogen-bond acceptors (Lipinski definition) is 4. The van der Waals surface area contributed by atoms with E-state index >= 15 is 0 Å². The van der Waals surface area contributed by atoms with E-state index in [1.54, 1.807) is 0 Å². The van der Waals surface area contributed by atoms with E-state index in [2.05, 4.69) is 31.0 Å². The first-order chi connectivity index (χ1) is 9.84. The zero-order valence-corrected chi connectivity index (χ0v) is 14.7. The van der Waals surface area contributed by atoms with Gasteiger partial charge in [0, 0.05) is 12.1 Å². The standard InChI is InChI=1S/C17H34N2O2/c1-7-18-17(6,16(20)21-8-2)12-15(5)19-10-9-13(3)11-14(19)4/h13-15,18H,7-12H2,1-6H3. The quantitative estimate of drug-likeness (QED) is 0.734. The fourth-order valence-corrected chi connectivity index (χ4v) is 3.70. The Bertz CT molecular complexity index is 335. The topological polar surface area (TPSA) is 41.6 Å². The summed E-state index contributed by atoms with van der Waals surface area (Å²) in [5, 5.41) is 3.34. The molecule has 21 heavy (non-hydrogen) atoms. The van der Waals surface area contributed by atoms with Crippen molar-refractivity contribution in [2.75, 3.05) is 19.7 Å². The fourth-order valence-electron chi connectivity index (χ4n) is 3.70. The number of carbonyl (C=O) groups excluding carboxylic acids is 1. The van der Waals surface area contributed by atoms with Crippen molar-refractivity contribution < 1.29 is 9.53 Å². The monoisotopic (exact) mass is 298 g/mol. The smallest absolute Gasteiger partial charge is 0.326 e. The molecule has 0 spiro atoms. The molecular weight excluding hydrogens is 264 g/mol. The van der Waals surface area contributed by atoms with Gasteiger partial charge in [-0.2, -0.15) is 0 Å². The van der Waals surface area contributed by atoms with Gasteiger partial charge in [-0.15, -0.1) is 0 Å². The third-order valence-electron chi connectivity index (χ3n) is 4.75. The lowest BCUT2D eigenvalue weighted by atomic mass is 9.88. The Morgan fingerprint density at radius 2 is 2.10 bits per heavy atom. The maximum Gasteiger partial charge on any atom is 0.326 e. The van der Waals surface area contributed by atoms with Crippen LogP contribution < -0.4 is 5.32 Å². The van der Waals surface area contributed by atoms with E-state index < -0.39 is 5.54 Å². The first-order valence-electron chi connectivity index (χ1n) is 8.52. The molecule has 1 fully saturated rings. The number of likely N-dealkylation sites (N-methyl/N-ethyl adjacent to an activating group) is 1.